The normalized spacial score (nSPS) is 13.8. The third kappa shape index (κ3) is 3.04. The molecule has 1 heterocycles. The van der Waals surface area contributed by atoms with Gasteiger partial charge in [0.1, 0.15) is 0 Å². The van der Waals surface area contributed by atoms with Crippen LogP contribution in [0.25, 0.3) is 0 Å². The van der Waals surface area contributed by atoms with E-state index in [4.69, 9.17) is 15.2 Å². The maximum Gasteiger partial charge on any atom is 0.162 e. The zero-order valence-electron chi connectivity index (χ0n) is 10.8. The Hall–Kier alpha value is -1.33. The maximum absolute atomic E-state index is 5.75. The summed E-state index contributed by atoms with van der Waals surface area (Å²) in [4.78, 5) is 2.23. The molecule has 5 heteroatoms. The second-order valence-corrected chi connectivity index (χ2v) is 6.42. The monoisotopic (exact) mass is 351 g/mol. The molecule has 0 fully saturated rings. The molecule has 3 rings (SSSR count). The Bertz CT molecular complexity index is 633. The van der Waals surface area contributed by atoms with Crippen LogP contribution in [0.4, 0.5) is 5.69 Å². The molecule has 0 atom stereocenters. The van der Waals surface area contributed by atoms with Crippen LogP contribution < -0.4 is 15.2 Å². The largest absolute Gasteiger partial charge is 0.490 e. The number of hydrogen-bond acceptors (Lipinski definition) is 4. The fourth-order valence-electron chi connectivity index (χ4n) is 1.93. The average molecular weight is 352 g/mol. The quantitative estimate of drug-likeness (QED) is 0.817. The van der Waals surface area contributed by atoms with Crippen LogP contribution in [-0.4, -0.2) is 13.2 Å². The Kier molecular flexibility index (Phi) is 4.08. The first kappa shape index (κ1) is 13.6. The smallest absolute Gasteiger partial charge is 0.162 e. The highest BCUT2D eigenvalue weighted by Crippen LogP contribution is 2.39. The van der Waals surface area contributed by atoms with Crippen LogP contribution in [-0.2, 0) is 0 Å². The fourth-order valence-corrected chi connectivity index (χ4v) is 3.42. The van der Waals surface area contributed by atoms with Crippen LogP contribution in [0.5, 0.6) is 11.5 Å². The number of hydrogen-bond donors (Lipinski definition) is 1. The van der Waals surface area contributed by atoms with E-state index in [2.05, 4.69) is 15.9 Å². The predicted octanol–water partition coefficient (Wildman–Crippen LogP) is 4.34. The van der Waals surface area contributed by atoms with Crippen molar-refractivity contribution in [2.24, 2.45) is 0 Å². The van der Waals surface area contributed by atoms with Crippen molar-refractivity contribution < 1.29 is 9.47 Å². The van der Waals surface area contributed by atoms with E-state index in [1.165, 1.54) is 0 Å². The summed E-state index contributed by atoms with van der Waals surface area (Å²) in [6, 6.07) is 11.8. The van der Waals surface area contributed by atoms with Crippen molar-refractivity contribution in [1.82, 2.24) is 0 Å². The summed E-state index contributed by atoms with van der Waals surface area (Å²) in [6.07, 6.45) is 0.917. The lowest BCUT2D eigenvalue weighted by Gasteiger charge is -2.10. The topological polar surface area (TPSA) is 44.5 Å². The first-order valence-electron chi connectivity index (χ1n) is 6.35. The van der Waals surface area contributed by atoms with Crippen molar-refractivity contribution in [3.05, 3.63) is 40.9 Å². The Labute approximate surface area is 130 Å². The van der Waals surface area contributed by atoms with Crippen molar-refractivity contribution in [3.8, 4) is 11.5 Å². The van der Waals surface area contributed by atoms with Gasteiger partial charge < -0.3 is 15.2 Å². The molecule has 2 aromatic rings. The minimum atomic E-state index is 0.701. The highest BCUT2D eigenvalue weighted by molar-refractivity contribution is 9.10. The molecule has 0 aromatic heterocycles. The average Bonchev–Trinajstić information content (AvgIpc) is 2.66. The lowest BCUT2D eigenvalue weighted by Crippen LogP contribution is -1.97. The number of rotatable bonds is 2. The van der Waals surface area contributed by atoms with Crippen molar-refractivity contribution in [3.63, 3.8) is 0 Å². The number of nitrogen functional groups attached to an aromatic ring is 1. The summed E-state index contributed by atoms with van der Waals surface area (Å²) in [6.45, 7) is 1.41. The van der Waals surface area contributed by atoms with Gasteiger partial charge in [0.15, 0.2) is 11.5 Å². The van der Waals surface area contributed by atoms with Crippen LogP contribution in [0.15, 0.2) is 50.7 Å². The van der Waals surface area contributed by atoms with Crippen LogP contribution in [0, 0.1) is 0 Å². The molecule has 0 amide bonds. The Morgan fingerprint density at radius 1 is 1.00 bits per heavy atom. The lowest BCUT2D eigenvalue weighted by atomic mass is 10.3. The van der Waals surface area contributed by atoms with Gasteiger partial charge in [0.05, 0.1) is 13.2 Å². The molecule has 2 aromatic carbocycles. The molecule has 0 aliphatic carbocycles. The summed E-state index contributed by atoms with van der Waals surface area (Å²) in [7, 11) is 0. The molecular weight excluding hydrogens is 338 g/mol. The molecule has 1 aliphatic heterocycles. The second kappa shape index (κ2) is 5.97. The molecule has 0 saturated heterocycles. The van der Waals surface area contributed by atoms with Crippen LogP contribution in [0.1, 0.15) is 6.42 Å². The highest BCUT2D eigenvalue weighted by atomic mass is 79.9. The fraction of sp³-hybridized carbons (Fsp3) is 0.200. The molecule has 104 valence electrons. The van der Waals surface area contributed by atoms with Gasteiger partial charge in [-0.2, -0.15) is 0 Å². The minimum Gasteiger partial charge on any atom is -0.490 e. The SMILES string of the molecule is Nc1ccc(Sc2ccc3c(c2)OCCCO3)c(Br)c1. The van der Waals surface area contributed by atoms with Crippen molar-refractivity contribution in [2.75, 3.05) is 18.9 Å². The van der Waals surface area contributed by atoms with Gasteiger partial charge in [0, 0.05) is 26.4 Å². The summed E-state index contributed by atoms with van der Waals surface area (Å²) in [5, 5.41) is 0. The molecule has 0 unspecified atom stereocenters. The van der Waals surface area contributed by atoms with Gasteiger partial charge in [-0.05, 0) is 52.3 Å². The van der Waals surface area contributed by atoms with Gasteiger partial charge in [0.25, 0.3) is 0 Å². The van der Waals surface area contributed by atoms with Crippen molar-refractivity contribution >= 4 is 33.4 Å². The predicted molar refractivity (Wildman–Crippen MR) is 84.7 cm³/mol. The Balaban J connectivity index is 1.86. The van der Waals surface area contributed by atoms with Gasteiger partial charge in [-0.15, -0.1) is 0 Å². The van der Waals surface area contributed by atoms with E-state index in [1.54, 1.807) is 11.8 Å². The molecule has 20 heavy (non-hydrogen) atoms. The molecule has 0 saturated carbocycles. The van der Waals surface area contributed by atoms with E-state index in [0.29, 0.717) is 13.2 Å². The van der Waals surface area contributed by atoms with E-state index in [-0.39, 0.29) is 0 Å². The molecular formula is C15H14BrNO2S. The Morgan fingerprint density at radius 3 is 2.60 bits per heavy atom. The van der Waals surface area contributed by atoms with E-state index in [9.17, 15) is 0 Å². The third-order valence-corrected chi connectivity index (χ3v) is 4.89. The molecule has 2 N–H and O–H groups in total. The van der Waals surface area contributed by atoms with E-state index >= 15 is 0 Å². The Morgan fingerprint density at radius 2 is 1.80 bits per heavy atom. The number of halogens is 1. The summed E-state index contributed by atoms with van der Waals surface area (Å²) in [5.74, 6) is 1.64. The van der Waals surface area contributed by atoms with Gasteiger partial charge in [0.2, 0.25) is 0 Å². The van der Waals surface area contributed by atoms with Gasteiger partial charge in [-0.3, -0.25) is 0 Å². The maximum atomic E-state index is 5.75. The number of nitrogens with two attached hydrogens (primary N) is 1. The summed E-state index contributed by atoms with van der Waals surface area (Å²) in [5.41, 5.74) is 6.50. The van der Waals surface area contributed by atoms with Crippen LogP contribution in [0.3, 0.4) is 0 Å². The molecule has 0 radical (unpaired) electrons. The first-order valence-corrected chi connectivity index (χ1v) is 7.96. The van der Waals surface area contributed by atoms with Gasteiger partial charge >= 0.3 is 0 Å². The van der Waals surface area contributed by atoms with Crippen LogP contribution >= 0.6 is 27.7 Å². The highest BCUT2D eigenvalue weighted by Gasteiger charge is 2.12. The minimum absolute atomic E-state index is 0.701. The van der Waals surface area contributed by atoms with E-state index in [0.717, 1.165) is 37.9 Å². The molecule has 0 spiro atoms. The summed E-state index contributed by atoms with van der Waals surface area (Å²) >= 11 is 5.20. The number of anilines is 1. The number of fused-ring (bicyclic) bond motifs is 1. The number of benzene rings is 2. The molecule has 1 aliphatic rings. The van der Waals surface area contributed by atoms with Gasteiger partial charge in [-0.25, -0.2) is 0 Å². The second-order valence-electron chi connectivity index (χ2n) is 4.45. The van der Waals surface area contributed by atoms with Crippen LogP contribution in [0.2, 0.25) is 0 Å². The third-order valence-electron chi connectivity index (χ3n) is 2.90. The zero-order chi connectivity index (χ0) is 13.9. The van der Waals surface area contributed by atoms with Gasteiger partial charge in [-0.1, -0.05) is 11.8 Å². The van der Waals surface area contributed by atoms with Crippen molar-refractivity contribution in [2.45, 2.75) is 16.2 Å². The zero-order valence-corrected chi connectivity index (χ0v) is 13.2. The first-order chi connectivity index (χ1) is 9.72. The van der Waals surface area contributed by atoms with E-state index < -0.39 is 0 Å². The summed E-state index contributed by atoms with van der Waals surface area (Å²) < 4.78 is 12.3. The van der Waals surface area contributed by atoms with E-state index in [1.807, 2.05) is 36.4 Å². The molecule has 3 nitrogen and oxygen atoms in total. The number of ether oxygens (including phenoxy) is 2. The molecule has 0 bridgehead atoms. The van der Waals surface area contributed by atoms with Crippen molar-refractivity contribution in [1.29, 1.82) is 0 Å². The lowest BCUT2D eigenvalue weighted by molar-refractivity contribution is 0.297. The standard InChI is InChI=1S/C15H14BrNO2S/c16-12-8-10(17)2-5-15(12)20-11-3-4-13-14(9-11)19-7-1-6-18-13/h2-5,8-9H,1,6-7,17H2.